The maximum Gasteiger partial charge on any atom is 0.227 e. The van der Waals surface area contributed by atoms with Gasteiger partial charge in [0, 0.05) is 13.1 Å². The number of amides is 1. The van der Waals surface area contributed by atoms with Crippen molar-refractivity contribution in [3.8, 4) is 0 Å². The van der Waals surface area contributed by atoms with Crippen molar-refractivity contribution in [2.75, 3.05) is 19.6 Å². The first kappa shape index (κ1) is 16.9. The van der Waals surface area contributed by atoms with E-state index in [4.69, 9.17) is 0 Å². The summed E-state index contributed by atoms with van der Waals surface area (Å²) in [6.07, 6.45) is 5.41. The monoisotopic (exact) mass is 326 g/mol. The third kappa shape index (κ3) is 3.93. The van der Waals surface area contributed by atoms with Crippen molar-refractivity contribution in [1.82, 2.24) is 9.80 Å². The summed E-state index contributed by atoms with van der Waals surface area (Å²) in [6.45, 7) is 7.77. The van der Waals surface area contributed by atoms with E-state index in [1.54, 1.807) is 0 Å². The first-order valence-electron chi connectivity index (χ1n) is 8.91. The highest BCUT2D eigenvalue weighted by atomic mass is 16.2. The lowest BCUT2D eigenvalue weighted by Gasteiger charge is -2.26. The Morgan fingerprint density at radius 2 is 2.00 bits per heavy atom. The van der Waals surface area contributed by atoms with Crippen molar-refractivity contribution in [2.45, 2.75) is 44.7 Å². The van der Waals surface area contributed by atoms with Crippen molar-refractivity contribution in [3.05, 3.63) is 47.5 Å². The molecule has 0 bridgehead atoms. The number of aldehydes is 1. The lowest BCUT2D eigenvalue weighted by molar-refractivity contribution is -0.131. The average molecular weight is 326 g/mol. The van der Waals surface area contributed by atoms with E-state index in [1.807, 2.05) is 4.90 Å². The predicted octanol–water partition coefficient (Wildman–Crippen LogP) is 3.09. The largest absolute Gasteiger partial charge is 0.335 e. The van der Waals surface area contributed by atoms with Gasteiger partial charge in [0.2, 0.25) is 5.91 Å². The van der Waals surface area contributed by atoms with Crippen LogP contribution < -0.4 is 0 Å². The molecule has 0 spiro atoms. The summed E-state index contributed by atoms with van der Waals surface area (Å²) >= 11 is 0. The molecule has 1 aromatic carbocycles. The molecule has 1 amide bonds. The van der Waals surface area contributed by atoms with Crippen LogP contribution in [0.1, 0.15) is 49.3 Å². The number of hydrogen-bond acceptors (Lipinski definition) is 3. The molecule has 2 aliphatic heterocycles. The molecular formula is C20H26N2O2. The van der Waals surface area contributed by atoms with Crippen LogP contribution in [0.2, 0.25) is 0 Å². The molecule has 4 heteroatoms. The maximum absolute atomic E-state index is 12.5. The van der Waals surface area contributed by atoms with Crippen molar-refractivity contribution < 1.29 is 9.59 Å². The van der Waals surface area contributed by atoms with E-state index in [0.29, 0.717) is 11.9 Å². The number of carbonyl (C=O) groups excluding carboxylic acids is 2. The minimum absolute atomic E-state index is 0.0135. The van der Waals surface area contributed by atoms with Crippen LogP contribution in [0.15, 0.2) is 36.4 Å². The maximum atomic E-state index is 12.5. The standard InChI is InChI=1S/C20H26N2O2/c1-16(15-23)12-20(24)22-11-5-8-19(22)18-7-4-6-17(13-18)14-21-9-2-3-10-21/h4,6-7,13,15,19H,1-3,5,8-12,14H2. The van der Waals surface area contributed by atoms with Gasteiger partial charge < -0.3 is 4.90 Å². The minimum atomic E-state index is 0.0135. The van der Waals surface area contributed by atoms with Crippen molar-refractivity contribution in [2.24, 2.45) is 0 Å². The Morgan fingerprint density at radius 3 is 2.75 bits per heavy atom. The fourth-order valence-corrected chi connectivity index (χ4v) is 3.85. The van der Waals surface area contributed by atoms with Crippen LogP contribution in [0.3, 0.4) is 0 Å². The highest BCUT2D eigenvalue weighted by Gasteiger charge is 2.30. The van der Waals surface area contributed by atoms with E-state index in [9.17, 15) is 9.59 Å². The molecule has 1 unspecified atom stereocenters. The third-order valence-corrected chi connectivity index (χ3v) is 5.06. The summed E-state index contributed by atoms with van der Waals surface area (Å²) in [7, 11) is 0. The van der Waals surface area contributed by atoms with Gasteiger partial charge in [0.05, 0.1) is 12.5 Å². The Labute approximate surface area is 144 Å². The summed E-state index contributed by atoms with van der Waals surface area (Å²) < 4.78 is 0. The number of nitrogens with zero attached hydrogens (tertiary/aromatic N) is 2. The zero-order chi connectivity index (χ0) is 16.9. The molecule has 0 N–H and O–H groups in total. The van der Waals surface area contributed by atoms with Crippen LogP contribution in [0.4, 0.5) is 0 Å². The zero-order valence-electron chi connectivity index (χ0n) is 14.2. The predicted molar refractivity (Wildman–Crippen MR) is 94.5 cm³/mol. The van der Waals surface area contributed by atoms with Gasteiger partial charge in [-0.25, -0.2) is 0 Å². The lowest BCUT2D eigenvalue weighted by atomic mass is 10.0. The Morgan fingerprint density at radius 1 is 1.21 bits per heavy atom. The summed E-state index contributed by atoms with van der Waals surface area (Å²) in [5.74, 6) is 0.0135. The van der Waals surface area contributed by atoms with Crippen LogP contribution in [-0.2, 0) is 16.1 Å². The molecule has 128 valence electrons. The summed E-state index contributed by atoms with van der Waals surface area (Å²) in [6, 6.07) is 8.79. The number of carbonyl (C=O) groups is 2. The number of benzene rings is 1. The van der Waals surface area contributed by atoms with E-state index >= 15 is 0 Å². The fourth-order valence-electron chi connectivity index (χ4n) is 3.85. The smallest absolute Gasteiger partial charge is 0.227 e. The van der Waals surface area contributed by atoms with Gasteiger partial charge >= 0.3 is 0 Å². The molecule has 0 aromatic heterocycles. The zero-order valence-corrected chi connectivity index (χ0v) is 14.2. The average Bonchev–Trinajstić information content (AvgIpc) is 3.26. The third-order valence-electron chi connectivity index (χ3n) is 5.06. The van der Waals surface area contributed by atoms with Gasteiger partial charge in [0.15, 0.2) is 0 Å². The van der Waals surface area contributed by atoms with E-state index in [-0.39, 0.29) is 18.4 Å². The minimum Gasteiger partial charge on any atom is -0.335 e. The Bertz CT molecular complexity index is 620. The number of hydrogen-bond donors (Lipinski definition) is 0. The summed E-state index contributed by atoms with van der Waals surface area (Å²) in [5.41, 5.74) is 2.90. The Hall–Kier alpha value is -1.94. The van der Waals surface area contributed by atoms with Gasteiger partial charge in [-0.2, -0.15) is 0 Å². The molecule has 0 saturated carbocycles. The van der Waals surface area contributed by atoms with Gasteiger partial charge in [-0.05, 0) is 55.5 Å². The molecule has 2 aliphatic rings. The van der Waals surface area contributed by atoms with Crippen LogP contribution in [0, 0.1) is 0 Å². The molecule has 0 aliphatic carbocycles. The van der Waals surface area contributed by atoms with Crippen LogP contribution >= 0.6 is 0 Å². The lowest BCUT2D eigenvalue weighted by Crippen LogP contribution is -2.30. The topological polar surface area (TPSA) is 40.6 Å². The molecule has 2 heterocycles. The van der Waals surface area contributed by atoms with E-state index in [2.05, 4.69) is 35.7 Å². The first-order valence-corrected chi connectivity index (χ1v) is 8.91. The molecule has 0 radical (unpaired) electrons. The summed E-state index contributed by atoms with van der Waals surface area (Å²) in [4.78, 5) is 27.6. The number of rotatable bonds is 6. The van der Waals surface area contributed by atoms with Crippen LogP contribution in [0.25, 0.3) is 0 Å². The SMILES string of the molecule is C=C(C=O)CC(=O)N1CCCC1c1cccc(CN2CCCC2)c1. The van der Waals surface area contributed by atoms with Gasteiger partial charge in [0.1, 0.15) is 6.29 Å². The highest BCUT2D eigenvalue weighted by Crippen LogP contribution is 2.33. The second-order valence-electron chi connectivity index (χ2n) is 6.93. The highest BCUT2D eigenvalue weighted by molar-refractivity contribution is 5.87. The van der Waals surface area contributed by atoms with Crippen molar-refractivity contribution >= 4 is 12.2 Å². The van der Waals surface area contributed by atoms with Crippen LogP contribution in [0.5, 0.6) is 0 Å². The van der Waals surface area contributed by atoms with E-state index in [0.717, 1.165) is 25.9 Å². The summed E-state index contributed by atoms with van der Waals surface area (Å²) in [5, 5.41) is 0. The fraction of sp³-hybridized carbons (Fsp3) is 0.500. The molecule has 2 saturated heterocycles. The normalized spacial score (nSPS) is 21.2. The van der Waals surface area contributed by atoms with Gasteiger partial charge in [-0.1, -0.05) is 30.8 Å². The van der Waals surface area contributed by atoms with Crippen molar-refractivity contribution in [1.29, 1.82) is 0 Å². The molecular weight excluding hydrogens is 300 g/mol. The van der Waals surface area contributed by atoms with Crippen LogP contribution in [-0.4, -0.2) is 41.6 Å². The molecule has 2 fully saturated rings. The Balaban J connectivity index is 1.70. The van der Waals surface area contributed by atoms with E-state index in [1.165, 1.54) is 37.1 Å². The molecule has 24 heavy (non-hydrogen) atoms. The second kappa shape index (κ2) is 7.75. The van der Waals surface area contributed by atoms with Crippen molar-refractivity contribution in [3.63, 3.8) is 0 Å². The van der Waals surface area contributed by atoms with E-state index < -0.39 is 0 Å². The molecule has 1 aromatic rings. The van der Waals surface area contributed by atoms with Gasteiger partial charge in [0.25, 0.3) is 0 Å². The quantitative estimate of drug-likeness (QED) is 0.596. The van der Waals surface area contributed by atoms with Gasteiger partial charge in [-0.3, -0.25) is 14.5 Å². The molecule has 4 nitrogen and oxygen atoms in total. The molecule has 3 rings (SSSR count). The first-order chi connectivity index (χ1) is 11.7. The Kier molecular flexibility index (Phi) is 5.46. The number of likely N-dealkylation sites (tertiary alicyclic amines) is 2. The molecule has 1 atom stereocenters. The van der Waals surface area contributed by atoms with Gasteiger partial charge in [-0.15, -0.1) is 0 Å². The second-order valence-corrected chi connectivity index (χ2v) is 6.93.